The molecule has 0 aliphatic carbocycles. The van der Waals surface area contributed by atoms with Crippen LogP contribution in [0.4, 0.5) is 5.95 Å². The number of nitrogens with one attached hydrogen (secondary N) is 1. The van der Waals surface area contributed by atoms with Gasteiger partial charge in [-0.2, -0.15) is 0 Å². The Morgan fingerprint density at radius 1 is 1.19 bits per heavy atom. The number of hydrogen-bond acceptors (Lipinski definition) is 5. The van der Waals surface area contributed by atoms with Crippen molar-refractivity contribution in [3.63, 3.8) is 0 Å². The lowest BCUT2D eigenvalue weighted by Crippen LogP contribution is -2.53. The molecule has 154 valence electrons. The van der Waals surface area contributed by atoms with Gasteiger partial charge in [0.2, 0.25) is 5.95 Å². The summed E-state index contributed by atoms with van der Waals surface area (Å²) in [5, 5.41) is 3.43. The Bertz CT molecular complexity index is 534. The van der Waals surface area contributed by atoms with E-state index in [9.17, 15) is 0 Å². The fraction of sp³-hybridized carbons (Fsp3) is 0.737. The molecule has 1 unspecified atom stereocenters. The molecular formula is C19H35IN6O. The summed E-state index contributed by atoms with van der Waals surface area (Å²) in [5.74, 6) is 2.33. The molecule has 0 amide bonds. The van der Waals surface area contributed by atoms with Gasteiger partial charge in [-0.15, -0.1) is 24.0 Å². The third-order valence-corrected chi connectivity index (χ3v) is 4.55. The molecule has 0 saturated carbocycles. The van der Waals surface area contributed by atoms with Crippen LogP contribution in [0.1, 0.15) is 34.1 Å². The number of aromatic nitrogens is 2. The molecule has 1 saturated heterocycles. The fourth-order valence-corrected chi connectivity index (χ4v) is 3.12. The maximum atomic E-state index is 5.83. The van der Waals surface area contributed by atoms with Crippen LogP contribution in [0.2, 0.25) is 0 Å². The third-order valence-electron chi connectivity index (χ3n) is 4.55. The number of rotatable bonds is 8. The molecule has 7 nitrogen and oxygen atoms in total. The maximum Gasteiger partial charge on any atom is 0.225 e. The number of anilines is 1. The van der Waals surface area contributed by atoms with E-state index in [-0.39, 0.29) is 30.1 Å². The summed E-state index contributed by atoms with van der Waals surface area (Å²) in [6, 6.07) is 1.85. The first kappa shape index (κ1) is 23.9. The Kier molecular flexibility index (Phi) is 11.6. The van der Waals surface area contributed by atoms with E-state index in [0.29, 0.717) is 5.92 Å². The van der Waals surface area contributed by atoms with Crippen LogP contribution in [0.25, 0.3) is 0 Å². The van der Waals surface area contributed by atoms with Gasteiger partial charge in [-0.25, -0.2) is 9.97 Å². The van der Waals surface area contributed by atoms with Crippen molar-refractivity contribution in [2.45, 2.75) is 40.2 Å². The van der Waals surface area contributed by atoms with E-state index < -0.39 is 0 Å². The number of guanidine groups is 1. The highest BCUT2D eigenvalue weighted by atomic mass is 127. The van der Waals surface area contributed by atoms with Crippen LogP contribution >= 0.6 is 24.0 Å². The van der Waals surface area contributed by atoms with E-state index in [4.69, 9.17) is 9.73 Å². The molecule has 0 aromatic carbocycles. The van der Waals surface area contributed by atoms with Gasteiger partial charge in [0.25, 0.3) is 0 Å². The van der Waals surface area contributed by atoms with E-state index in [1.54, 1.807) is 12.4 Å². The summed E-state index contributed by atoms with van der Waals surface area (Å²) < 4.78 is 5.83. The van der Waals surface area contributed by atoms with Crippen LogP contribution < -0.4 is 10.2 Å². The summed E-state index contributed by atoms with van der Waals surface area (Å²) in [5.41, 5.74) is 0. The topological polar surface area (TPSA) is 65.9 Å². The second-order valence-corrected chi connectivity index (χ2v) is 6.79. The minimum absolute atomic E-state index is 0. The number of hydrogen-bond donors (Lipinski definition) is 1. The molecule has 1 N–H and O–H groups in total. The van der Waals surface area contributed by atoms with Crippen LogP contribution in [0.3, 0.4) is 0 Å². The fourth-order valence-electron chi connectivity index (χ4n) is 3.12. The SMILES string of the molecule is CCNC(=NCCC(OCC)C(C)C)N1CCN(c2ncccn2)CC1.I. The molecule has 1 aromatic rings. The van der Waals surface area contributed by atoms with E-state index in [1.807, 2.05) is 6.07 Å². The third kappa shape index (κ3) is 7.77. The van der Waals surface area contributed by atoms with Gasteiger partial charge in [0.05, 0.1) is 6.10 Å². The van der Waals surface area contributed by atoms with Crippen LogP contribution in [0, 0.1) is 5.92 Å². The largest absolute Gasteiger partial charge is 0.378 e. The molecule has 1 fully saturated rings. The van der Waals surface area contributed by atoms with Crippen LogP contribution in [0.5, 0.6) is 0 Å². The lowest BCUT2D eigenvalue weighted by Gasteiger charge is -2.36. The van der Waals surface area contributed by atoms with Crippen molar-refractivity contribution in [2.75, 3.05) is 50.8 Å². The monoisotopic (exact) mass is 490 g/mol. The minimum Gasteiger partial charge on any atom is -0.378 e. The Hall–Kier alpha value is -1.16. The second-order valence-electron chi connectivity index (χ2n) is 6.79. The van der Waals surface area contributed by atoms with Crippen LogP contribution in [-0.4, -0.2) is 72.8 Å². The number of halogens is 1. The van der Waals surface area contributed by atoms with E-state index in [1.165, 1.54) is 0 Å². The van der Waals surface area contributed by atoms with Crippen molar-refractivity contribution in [3.05, 3.63) is 18.5 Å². The number of aliphatic imine (C=N–C) groups is 1. The predicted octanol–water partition coefficient (Wildman–Crippen LogP) is 2.63. The van der Waals surface area contributed by atoms with Crippen molar-refractivity contribution >= 4 is 35.9 Å². The number of piperazine rings is 1. The first-order chi connectivity index (χ1) is 12.7. The normalized spacial score (nSPS) is 16.3. The van der Waals surface area contributed by atoms with Gasteiger partial charge in [-0.1, -0.05) is 13.8 Å². The highest BCUT2D eigenvalue weighted by molar-refractivity contribution is 14.0. The standard InChI is InChI=1S/C19H34N6O.HI/c1-5-20-18(23-11-8-17(16(3)4)26-6-2)24-12-14-25(15-13-24)19-21-9-7-10-22-19;/h7,9-10,16-17H,5-6,8,11-15H2,1-4H3,(H,20,23);1H. The summed E-state index contributed by atoms with van der Waals surface area (Å²) in [7, 11) is 0. The first-order valence-electron chi connectivity index (χ1n) is 9.82. The zero-order valence-corrected chi connectivity index (χ0v) is 19.4. The molecule has 1 aliphatic rings. The first-order valence-corrected chi connectivity index (χ1v) is 9.82. The van der Waals surface area contributed by atoms with Gasteiger partial charge in [-0.05, 0) is 32.3 Å². The lowest BCUT2D eigenvalue weighted by molar-refractivity contribution is 0.0266. The smallest absolute Gasteiger partial charge is 0.225 e. The maximum absolute atomic E-state index is 5.83. The molecule has 0 spiro atoms. The van der Waals surface area contributed by atoms with Crippen molar-refractivity contribution < 1.29 is 4.74 Å². The molecule has 8 heteroatoms. The summed E-state index contributed by atoms with van der Waals surface area (Å²) in [6.07, 6.45) is 4.82. The Balaban J connectivity index is 0.00000364. The average molecular weight is 490 g/mol. The highest BCUT2D eigenvalue weighted by Gasteiger charge is 2.21. The lowest BCUT2D eigenvalue weighted by atomic mass is 10.0. The minimum atomic E-state index is 0. The molecule has 0 bridgehead atoms. The van der Waals surface area contributed by atoms with Crippen molar-refractivity contribution in [1.29, 1.82) is 0 Å². The molecule has 1 atom stereocenters. The van der Waals surface area contributed by atoms with E-state index in [2.05, 4.69) is 52.8 Å². The highest BCUT2D eigenvalue weighted by Crippen LogP contribution is 2.12. The Morgan fingerprint density at radius 3 is 2.41 bits per heavy atom. The van der Waals surface area contributed by atoms with E-state index in [0.717, 1.165) is 64.2 Å². The number of ether oxygens (including phenoxy) is 1. The summed E-state index contributed by atoms with van der Waals surface area (Å²) >= 11 is 0. The predicted molar refractivity (Wildman–Crippen MR) is 122 cm³/mol. The van der Waals surface area contributed by atoms with Gasteiger partial charge < -0.3 is 19.9 Å². The average Bonchev–Trinajstić information content (AvgIpc) is 2.67. The Labute approximate surface area is 181 Å². The Morgan fingerprint density at radius 2 is 1.85 bits per heavy atom. The second kappa shape index (κ2) is 13.1. The summed E-state index contributed by atoms with van der Waals surface area (Å²) in [4.78, 5) is 18.1. The quantitative estimate of drug-likeness (QED) is 0.344. The van der Waals surface area contributed by atoms with Gasteiger partial charge in [0, 0.05) is 58.3 Å². The molecule has 2 rings (SSSR count). The van der Waals surface area contributed by atoms with Crippen LogP contribution in [-0.2, 0) is 4.74 Å². The summed E-state index contributed by atoms with van der Waals surface area (Å²) in [6.45, 7) is 14.7. The molecule has 1 aromatic heterocycles. The molecule has 27 heavy (non-hydrogen) atoms. The van der Waals surface area contributed by atoms with Gasteiger partial charge in [0.1, 0.15) is 0 Å². The number of nitrogens with zero attached hydrogens (tertiary/aromatic N) is 5. The molecular weight excluding hydrogens is 455 g/mol. The van der Waals surface area contributed by atoms with Gasteiger partial charge in [-0.3, -0.25) is 4.99 Å². The zero-order chi connectivity index (χ0) is 18.8. The molecule has 0 radical (unpaired) electrons. The van der Waals surface area contributed by atoms with E-state index >= 15 is 0 Å². The van der Waals surface area contributed by atoms with Gasteiger partial charge in [0.15, 0.2) is 5.96 Å². The van der Waals surface area contributed by atoms with Crippen molar-refractivity contribution in [1.82, 2.24) is 20.2 Å². The van der Waals surface area contributed by atoms with Crippen molar-refractivity contribution in [3.8, 4) is 0 Å². The molecule has 2 heterocycles. The van der Waals surface area contributed by atoms with Gasteiger partial charge >= 0.3 is 0 Å². The zero-order valence-electron chi connectivity index (χ0n) is 17.1. The molecule has 1 aliphatic heterocycles. The van der Waals surface area contributed by atoms with Crippen LogP contribution in [0.15, 0.2) is 23.5 Å². The van der Waals surface area contributed by atoms with Crippen molar-refractivity contribution in [2.24, 2.45) is 10.9 Å².